The topological polar surface area (TPSA) is 99.7 Å². The summed E-state index contributed by atoms with van der Waals surface area (Å²) in [4.78, 5) is 37.3. The molecule has 0 aliphatic heterocycles. The van der Waals surface area contributed by atoms with Crippen LogP contribution in [-0.2, 0) is 9.59 Å². The van der Waals surface area contributed by atoms with Gasteiger partial charge in [0.1, 0.15) is 5.82 Å². The van der Waals surface area contributed by atoms with Gasteiger partial charge in [0, 0.05) is 50.8 Å². The number of nitrogens with zero attached hydrogens (tertiary/aromatic N) is 4. The zero-order valence-corrected chi connectivity index (χ0v) is 23.4. The van der Waals surface area contributed by atoms with Crippen molar-refractivity contribution in [2.75, 3.05) is 52.5 Å². The van der Waals surface area contributed by atoms with Crippen LogP contribution >= 0.6 is 0 Å². The lowest BCUT2D eigenvalue weighted by molar-refractivity contribution is -0.134. The molecule has 1 saturated carbocycles. The lowest BCUT2D eigenvalue weighted by Crippen LogP contribution is -2.41. The van der Waals surface area contributed by atoms with E-state index in [0.717, 1.165) is 12.8 Å². The Morgan fingerprint density at radius 3 is 2.67 bits per heavy atom. The molecular weight excluding hydrogens is 499 g/mol. The molecule has 1 fully saturated rings. The summed E-state index contributed by atoms with van der Waals surface area (Å²) in [6, 6.07) is 4.05. The van der Waals surface area contributed by atoms with E-state index < -0.39 is 11.9 Å². The average Bonchev–Trinajstić information content (AvgIpc) is 2.89. The summed E-state index contributed by atoms with van der Waals surface area (Å²) in [7, 11) is 8.68. The van der Waals surface area contributed by atoms with Crippen LogP contribution in [0.5, 0.6) is 5.75 Å². The van der Waals surface area contributed by atoms with E-state index in [2.05, 4.69) is 32.4 Å². The number of methoxy groups -OCH3 is 1. The smallest absolute Gasteiger partial charge is 0.246 e. The first-order valence-corrected chi connectivity index (χ1v) is 12.9. The quantitative estimate of drug-likeness (QED) is 0.331. The minimum atomic E-state index is -0.484. The van der Waals surface area contributed by atoms with E-state index in [1.807, 2.05) is 19.0 Å². The van der Waals surface area contributed by atoms with Crippen LogP contribution < -0.4 is 15.4 Å². The van der Waals surface area contributed by atoms with Crippen molar-refractivity contribution in [1.82, 2.24) is 19.8 Å². The Hall–Kier alpha value is -3.97. The largest absolute Gasteiger partial charge is 0.494 e. The Morgan fingerprint density at radius 1 is 1.28 bits per heavy atom. The Labute approximate surface area is 229 Å². The highest BCUT2D eigenvalue weighted by Gasteiger charge is 2.32. The Morgan fingerprint density at radius 2 is 2.03 bits per heavy atom. The maximum absolute atomic E-state index is 14.0. The number of nitrogens with one attached hydrogen (secondary N) is 2. The lowest BCUT2D eigenvalue weighted by atomic mass is 9.72. The van der Waals surface area contributed by atoms with E-state index >= 15 is 0 Å². The minimum Gasteiger partial charge on any atom is -0.494 e. The van der Waals surface area contributed by atoms with Crippen molar-refractivity contribution >= 4 is 29.1 Å². The number of ketones is 1. The molecule has 1 heterocycles. The number of amides is 1. The molecule has 0 unspecified atom stereocenters. The number of hydrogen-bond acceptors (Lipinski definition) is 8. The normalized spacial score (nSPS) is 17.1. The zero-order chi connectivity index (χ0) is 28.5. The van der Waals surface area contributed by atoms with Gasteiger partial charge in [0.15, 0.2) is 17.3 Å². The van der Waals surface area contributed by atoms with Gasteiger partial charge in [-0.05, 0) is 51.9 Å². The monoisotopic (exact) mass is 536 g/mol. The molecule has 1 aromatic carbocycles. The van der Waals surface area contributed by atoms with Gasteiger partial charge in [-0.1, -0.05) is 17.9 Å². The highest BCUT2D eigenvalue weighted by Crippen LogP contribution is 2.36. The Kier molecular flexibility index (Phi) is 10.4. The number of carbonyl (C=O) groups is 2. The minimum absolute atomic E-state index is 0.0639. The van der Waals surface area contributed by atoms with Crippen molar-refractivity contribution in [1.29, 1.82) is 0 Å². The molecule has 1 aromatic heterocycles. The Bertz CT molecular complexity index is 1260. The van der Waals surface area contributed by atoms with Crippen LogP contribution in [-0.4, -0.2) is 79.3 Å². The predicted molar refractivity (Wildman–Crippen MR) is 150 cm³/mol. The standard InChI is InChI=1S/C29H37FN6O3/c1-19(36(5)27(38)8-7-13-35(3)4)25(37)16-21-14-20(15-21)9-10-22-18-32-29(34-28(22)31-2)33-23-11-12-26(39-6)24(30)17-23/h7-8,11-12,17-21H,13-16H2,1-6H3,(H2,31,32,33,34)/b8-7+/t19-,20?,21?/m0/s1. The molecule has 1 amide bonds. The van der Waals surface area contributed by atoms with Gasteiger partial charge in [-0.25, -0.2) is 9.37 Å². The van der Waals surface area contributed by atoms with Crippen LogP contribution in [0.3, 0.4) is 0 Å². The van der Waals surface area contributed by atoms with Gasteiger partial charge in [-0.2, -0.15) is 4.98 Å². The fourth-order valence-corrected chi connectivity index (χ4v) is 4.14. The van der Waals surface area contributed by atoms with Gasteiger partial charge in [-0.3, -0.25) is 9.59 Å². The average molecular weight is 537 g/mol. The van der Waals surface area contributed by atoms with Gasteiger partial charge in [0.05, 0.1) is 24.9 Å². The molecule has 10 heteroatoms. The summed E-state index contributed by atoms with van der Waals surface area (Å²) >= 11 is 0. The number of Topliss-reactive ketones (excluding diaryl/α,β-unsaturated/α-hetero) is 1. The van der Waals surface area contributed by atoms with Crippen molar-refractivity contribution < 1.29 is 18.7 Å². The van der Waals surface area contributed by atoms with Gasteiger partial charge < -0.3 is 25.2 Å². The number of likely N-dealkylation sites (N-methyl/N-ethyl adjacent to an activating group) is 2. The summed E-state index contributed by atoms with van der Waals surface area (Å²) in [5.74, 6) is 7.30. The summed E-state index contributed by atoms with van der Waals surface area (Å²) in [6.45, 7) is 2.44. The zero-order valence-electron chi connectivity index (χ0n) is 23.4. The van der Waals surface area contributed by atoms with Gasteiger partial charge in [0.2, 0.25) is 11.9 Å². The molecule has 2 aromatic rings. The molecule has 1 atom stereocenters. The van der Waals surface area contributed by atoms with E-state index in [1.165, 1.54) is 30.2 Å². The molecule has 3 rings (SSSR count). The molecule has 9 nitrogen and oxygen atoms in total. The second-order valence-corrected chi connectivity index (χ2v) is 9.94. The van der Waals surface area contributed by atoms with E-state index in [1.54, 1.807) is 39.4 Å². The third-order valence-corrected chi connectivity index (χ3v) is 6.70. The van der Waals surface area contributed by atoms with Gasteiger partial charge in [-0.15, -0.1) is 0 Å². The number of ether oxygens (including phenoxy) is 1. The molecule has 1 aliphatic carbocycles. The number of rotatable bonds is 11. The number of carbonyl (C=O) groups excluding carboxylic acids is 2. The summed E-state index contributed by atoms with van der Waals surface area (Å²) < 4.78 is 18.9. The van der Waals surface area contributed by atoms with Crippen molar-refractivity contribution in [2.24, 2.45) is 11.8 Å². The first kappa shape index (κ1) is 29.6. The molecular formula is C29H37FN6O3. The SMILES string of the molecule is CNc1nc(Nc2ccc(OC)c(F)c2)ncc1C#CC1CC(CC(=O)[C@H](C)N(C)C(=O)/C=C/CN(C)C)C1. The van der Waals surface area contributed by atoms with Crippen LogP contribution in [0.4, 0.5) is 21.8 Å². The summed E-state index contributed by atoms with van der Waals surface area (Å²) in [5.41, 5.74) is 1.15. The fraction of sp³-hybridized carbons (Fsp3) is 0.448. The van der Waals surface area contributed by atoms with Crippen molar-refractivity contribution in [2.45, 2.75) is 32.2 Å². The molecule has 2 N–H and O–H groups in total. The van der Waals surface area contributed by atoms with E-state index in [4.69, 9.17) is 4.74 Å². The molecule has 208 valence electrons. The third-order valence-electron chi connectivity index (χ3n) is 6.70. The van der Waals surface area contributed by atoms with Crippen LogP contribution in [0.25, 0.3) is 0 Å². The number of halogens is 1. The first-order valence-electron chi connectivity index (χ1n) is 12.9. The van der Waals surface area contributed by atoms with Crippen LogP contribution in [0, 0.1) is 29.5 Å². The maximum Gasteiger partial charge on any atom is 0.246 e. The van der Waals surface area contributed by atoms with Crippen LogP contribution in [0.1, 0.15) is 31.7 Å². The van der Waals surface area contributed by atoms with Gasteiger partial charge >= 0.3 is 0 Å². The fourth-order valence-electron chi connectivity index (χ4n) is 4.14. The van der Waals surface area contributed by atoms with E-state index in [0.29, 0.717) is 36.0 Å². The third kappa shape index (κ3) is 8.26. The second kappa shape index (κ2) is 13.7. The van der Waals surface area contributed by atoms with Crippen molar-refractivity contribution in [3.05, 3.63) is 47.9 Å². The first-order chi connectivity index (χ1) is 18.6. The van der Waals surface area contributed by atoms with Crippen LogP contribution in [0.2, 0.25) is 0 Å². The molecule has 1 aliphatic rings. The Balaban J connectivity index is 1.51. The molecule has 0 spiro atoms. The maximum atomic E-state index is 14.0. The van der Waals surface area contributed by atoms with Crippen molar-refractivity contribution in [3.63, 3.8) is 0 Å². The van der Waals surface area contributed by atoms with E-state index in [-0.39, 0.29) is 29.3 Å². The predicted octanol–water partition coefficient (Wildman–Crippen LogP) is 3.71. The molecule has 0 bridgehead atoms. The summed E-state index contributed by atoms with van der Waals surface area (Å²) in [5, 5.41) is 6.00. The number of benzene rings is 1. The molecule has 0 saturated heterocycles. The van der Waals surface area contributed by atoms with Crippen molar-refractivity contribution in [3.8, 4) is 17.6 Å². The van der Waals surface area contributed by atoms with Crippen LogP contribution in [0.15, 0.2) is 36.5 Å². The second-order valence-electron chi connectivity index (χ2n) is 9.94. The van der Waals surface area contributed by atoms with E-state index in [9.17, 15) is 14.0 Å². The highest BCUT2D eigenvalue weighted by molar-refractivity contribution is 5.93. The summed E-state index contributed by atoms with van der Waals surface area (Å²) in [6.07, 6.45) is 7.05. The highest BCUT2D eigenvalue weighted by atomic mass is 19.1. The number of aromatic nitrogens is 2. The lowest BCUT2D eigenvalue weighted by Gasteiger charge is -2.33. The molecule has 0 radical (unpaired) electrons. The number of hydrogen-bond donors (Lipinski definition) is 2. The number of anilines is 3. The molecule has 39 heavy (non-hydrogen) atoms. The van der Waals surface area contributed by atoms with Gasteiger partial charge in [0.25, 0.3) is 0 Å².